The molecule has 0 saturated heterocycles. The largest absolute Gasteiger partial charge is 0.391 e. The molecule has 2 heterocycles. The van der Waals surface area contributed by atoms with Crippen LogP contribution in [0.5, 0.6) is 0 Å². The minimum atomic E-state index is 0.147. The standard InChI is InChI=1S/C11H12OS2/c1-7-5-11(13-8(7)2)10-4-3-9(6-12)14-10/h3-5,12H,6H2,1-2H3. The van der Waals surface area contributed by atoms with Crippen LogP contribution in [-0.2, 0) is 6.61 Å². The summed E-state index contributed by atoms with van der Waals surface area (Å²) in [5.41, 5.74) is 1.35. The van der Waals surface area contributed by atoms with Crippen LogP contribution in [0.4, 0.5) is 0 Å². The Bertz CT molecular complexity index is 420. The molecule has 0 aliphatic rings. The molecule has 0 unspecified atom stereocenters. The second-order valence-corrected chi connectivity index (χ2v) is 5.70. The van der Waals surface area contributed by atoms with Gasteiger partial charge in [0.15, 0.2) is 0 Å². The molecule has 0 fully saturated rings. The summed E-state index contributed by atoms with van der Waals surface area (Å²) in [6.45, 7) is 4.42. The molecular formula is C11H12OS2. The molecule has 0 radical (unpaired) electrons. The van der Waals surface area contributed by atoms with E-state index >= 15 is 0 Å². The fraction of sp³-hybridized carbons (Fsp3) is 0.273. The first-order valence-electron chi connectivity index (χ1n) is 4.47. The van der Waals surface area contributed by atoms with Crippen LogP contribution in [0.3, 0.4) is 0 Å². The van der Waals surface area contributed by atoms with Crippen molar-refractivity contribution in [3.05, 3.63) is 33.5 Å². The number of hydrogen-bond acceptors (Lipinski definition) is 3. The van der Waals surface area contributed by atoms with Crippen LogP contribution in [0.15, 0.2) is 18.2 Å². The smallest absolute Gasteiger partial charge is 0.0774 e. The average molecular weight is 224 g/mol. The van der Waals surface area contributed by atoms with Gasteiger partial charge in [0.2, 0.25) is 0 Å². The van der Waals surface area contributed by atoms with Crippen molar-refractivity contribution < 1.29 is 5.11 Å². The lowest BCUT2D eigenvalue weighted by Gasteiger charge is -1.88. The van der Waals surface area contributed by atoms with Gasteiger partial charge in [0, 0.05) is 19.5 Å². The van der Waals surface area contributed by atoms with Crippen LogP contribution in [-0.4, -0.2) is 5.11 Å². The van der Waals surface area contributed by atoms with Crippen LogP contribution in [0.1, 0.15) is 15.3 Å². The van der Waals surface area contributed by atoms with E-state index in [0.717, 1.165) is 4.88 Å². The van der Waals surface area contributed by atoms with Gasteiger partial charge < -0.3 is 5.11 Å². The summed E-state index contributed by atoms with van der Waals surface area (Å²) in [6.07, 6.45) is 0. The Morgan fingerprint density at radius 2 is 1.93 bits per heavy atom. The first kappa shape index (κ1) is 9.90. The summed E-state index contributed by atoms with van der Waals surface area (Å²) < 4.78 is 0. The SMILES string of the molecule is Cc1cc(-c2ccc(CO)s2)sc1C. The summed E-state index contributed by atoms with van der Waals surface area (Å²) in [4.78, 5) is 4.97. The molecule has 1 N–H and O–H groups in total. The number of rotatable bonds is 2. The predicted molar refractivity (Wildman–Crippen MR) is 63.0 cm³/mol. The maximum atomic E-state index is 8.97. The molecule has 2 aromatic rings. The highest BCUT2D eigenvalue weighted by molar-refractivity contribution is 7.22. The Hall–Kier alpha value is -0.640. The monoisotopic (exact) mass is 224 g/mol. The number of thiophene rings is 2. The molecule has 14 heavy (non-hydrogen) atoms. The predicted octanol–water partition coefficient (Wildman–Crippen LogP) is 3.59. The lowest BCUT2D eigenvalue weighted by molar-refractivity contribution is 0.285. The zero-order valence-corrected chi connectivity index (χ0v) is 9.84. The Balaban J connectivity index is 2.39. The van der Waals surface area contributed by atoms with Gasteiger partial charge in [0.25, 0.3) is 0 Å². The van der Waals surface area contributed by atoms with Crippen molar-refractivity contribution in [3.63, 3.8) is 0 Å². The van der Waals surface area contributed by atoms with Crippen molar-refractivity contribution in [3.8, 4) is 9.75 Å². The van der Waals surface area contributed by atoms with Gasteiger partial charge >= 0.3 is 0 Å². The lowest BCUT2D eigenvalue weighted by atomic mass is 10.2. The quantitative estimate of drug-likeness (QED) is 0.826. The molecule has 0 bridgehead atoms. The van der Waals surface area contributed by atoms with E-state index in [1.165, 1.54) is 20.2 Å². The van der Waals surface area contributed by atoms with E-state index in [-0.39, 0.29) is 6.61 Å². The summed E-state index contributed by atoms with van der Waals surface area (Å²) in [5.74, 6) is 0. The molecule has 0 aliphatic heterocycles. The molecule has 0 aliphatic carbocycles. The fourth-order valence-corrected chi connectivity index (χ4v) is 3.27. The summed E-state index contributed by atoms with van der Waals surface area (Å²) in [6, 6.07) is 6.29. The van der Waals surface area contributed by atoms with Crippen LogP contribution in [0, 0.1) is 13.8 Å². The van der Waals surface area contributed by atoms with Crippen LogP contribution in [0.25, 0.3) is 9.75 Å². The van der Waals surface area contributed by atoms with E-state index < -0.39 is 0 Å². The summed E-state index contributed by atoms with van der Waals surface area (Å²) >= 11 is 3.49. The summed E-state index contributed by atoms with van der Waals surface area (Å²) in [5, 5.41) is 8.97. The van der Waals surface area contributed by atoms with E-state index in [2.05, 4.69) is 26.0 Å². The van der Waals surface area contributed by atoms with Crippen molar-refractivity contribution in [2.75, 3.05) is 0 Å². The highest BCUT2D eigenvalue weighted by atomic mass is 32.1. The van der Waals surface area contributed by atoms with Crippen LogP contribution in [0.2, 0.25) is 0 Å². The molecule has 3 heteroatoms. The van der Waals surface area contributed by atoms with Crippen molar-refractivity contribution in [2.45, 2.75) is 20.5 Å². The first-order chi connectivity index (χ1) is 6.70. The second kappa shape index (κ2) is 3.85. The normalized spacial score (nSPS) is 10.8. The maximum Gasteiger partial charge on any atom is 0.0774 e. The zero-order valence-electron chi connectivity index (χ0n) is 8.20. The highest BCUT2D eigenvalue weighted by Crippen LogP contribution is 2.35. The fourth-order valence-electron chi connectivity index (χ4n) is 1.29. The molecule has 2 aromatic heterocycles. The van der Waals surface area contributed by atoms with E-state index in [9.17, 15) is 0 Å². The average Bonchev–Trinajstić information content (AvgIpc) is 2.74. The topological polar surface area (TPSA) is 20.2 Å². The number of aliphatic hydroxyl groups excluding tert-OH is 1. The third-order valence-corrected chi connectivity index (χ3v) is 4.64. The Kier molecular flexibility index (Phi) is 2.72. The van der Waals surface area contributed by atoms with Gasteiger partial charge in [-0.2, -0.15) is 0 Å². The molecule has 0 amide bonds. The van der Waals surface area contributed by atoms with Gasteiger partial charge in [-0.15, -0.1) is 22.7 Å². The van der Waals surface area contributed by atoms with Gasteiger partial charge in [-0.25, -0.2) is 0 Å². The number of aryl methyl sites for hydroxylation is 2. The van der Waals surface area contributed by atoms with E-state index in [1.54, 1.807) is 11.3 Å². The van der Waals surface area contributed by atoms with Crippen LogP contribution >= 0.6 is 22.7 Å². The number of aliphatic hydroxyl groups is 1. The molecule has 2 rings (SSSR count). The van der Waals surface area contributed by atoms with Crippen molar-refractivity contribution in [1.82, 2.24) is 0 Å². The molecule has 0 atom stereocenters. The molecule has 0 saturated carbocycles. The van der Waals surface area contributed by atoms with E-state index in [1.807, 2.05) is 17.4 Å². The lowest BCUT2D eigenvalue weighted by Crippen LogP contribution is -1.69. The summed E-state index contributed by atoms with van der Waals surface area (Å²) in [7, 11) is 0. The molecule has 1 nitrogen and oxygen atoms in total. The van der Waals surface area contributed by atoms with Gasteiger partial charge in [-0.05, 0) is 37.6 Å². The van der Waals surface area contributed by atoms with Crippen molar-refractivity contribution in [2.24, 2.45) is 0 Å². The molecule has 0 aromatic carbocycles. The Labute approximate surface area is 91.7 Å². The zero-order chi connectivity index (χ0) is 10.1. The first-order valence-corrected chi connectivity index (χ1v) is 6.11. The van der Waals surface area contributed by atoms with Crippen molar-refractivity contribution in [1.29, 1.82) is 0 Å². The minimum Gasteiger partial charge on any atom is -0.391 e. The van der Waals surface area contributed by atoms with Crippen LogP contribution < -0.4 is 0 Å². The molecular weight excluding hydrogens is 212 g/mol. The number of hydrogen-bond donors (Lipinski definition) is 1. The highest BCUT2D eigenvalue weighted by Gasteiger charge is 2.06. The third-order valence-electron chi connectivity index (χ3n) is 2.23. The van der Waals surface area contributed by atoms with Crippen molar-refractivity contribution >= 4 is 22.7 Å². The van der Waals surface area contributed by atoms with Gasteiger partial charge in [0.05, 0.1) is 6.61 Å². The molecule has 0 spiro atoms. The van der Waals surface area contributed by atoms with Gasteiger partial charge in [-0.1, -0.05) is 0 Å². The van der Waals surface area contributed by atoms with Gasteiger partial charge in [0.1, 0.15) is 0 Å². The third kappa shape index (κ3) is 1.75. The van der Waals surface area contributed by atoms with Gasteiger partial charge in [-0.3, -0.25) is 0 Å². The van der Waals surface area contributed by atoms with E-state index in [4.69, 9.17) is 5.11 Å². The Morgan fingerprint density at radius 1 is 1.14 bits per heavy atom. The minimum absolute atomic E-state index is 0.147. The molecule has 74 valence electrons. The second-order valence-electron chi connectivity index (χ2n) is 3.27. The maximum absolute atomic E-state index is 8.97. The van der Waals surface area contributed by atoms with E-state index in [0.29, 0.717) is 0 Å². The Morgan fingerprint density at radius 3 is 2.43 bits per heavy atom.